The molecular weight excluding hydrogens is 214 g/mol. The summed E-state index contributed by atoms with van der Waals surface area (Å²) in [5, 5.41) is 6.95. The summed E-state index contributed by atoms with van der Waals surface area (Å²) in [6.07, 6.45) is 2.28. The predicted molar refractivity (Wildman–Crippen MR) is 70.5 cm³/mol. The van der Waals surface area contributed by atoms with E-state index in [0.717, 1.165) is 30.9 Å². The number of ether oxygens (including phenoxy) is 1. The van der Waals surface area contributed by atoms with Crippen LogP contribution in [-0.2, 0) is 0 Å². The Hall–Kier alpha value is -1.26. The number of anilines is 1. The molecule has 1 fully saturated rings. The van der Waals surface area contributed by atoms with E-state index in [2.05, 4.69) is 10.6 Å². The summed E-state index contributed by atoms with van der Waals surface area (Å²) in [7, 11) is 1.68. The van der Waals surface area contributed by atoms with Gasteiger partial charge in [-0.25, -0.2) is 0 Å². The van der Waals surface area contributed by atoms with Crippen molar-refractivity contribution in [2.45, 2.75) is 18.4 Å². The first-order chi connectivity index (χ1) is 8.28. The fourth-order valence-electron chi connectivity index (χ4n) is 2.28. The molecule has 94 valence electrons. The Morgan fingerprint density at radius 2 is 2.18 bits per heavy atom. The van der Waals surface area contributed by atoms with Crippen LogP contribution in [0.5, 0.6) is 5.75 Å². The largest absolute Gasteiger partial charge is 0.497 e. The lowest BCUT2D eigenvalue weighted by molar-refractivity contribution is 0.350. The van der Waals surface area contributed by atoms with E-state index in [1.165, 1.54) is 6.42 Å². The molecule has 0 aliphatic carbocycles. The summed E-state index contributed by atoms with van der Waals surface area (Å²) < 4.78 is 5.15. The van der Waals surface area contributed by atoms with Gasteiger partial charge in [0, 0.05) is 18.8 Å². The Labute approximate surface area is 103 Å². The van der Waals surface area contributed by atoms with Gasteiger partial charge in [-0.3, -0.25) is 0 Å². The average molecular weight is 235 g/mol. The predicted octanol–water partition coefficient (Wildman–Crippen LogP) is 1.19. The molecule has 0 spiro atoms. The van der Waals surface area contributed by atoms with Gasteiger partial charge in [0.05, 0.1) is 12.6 Å². The molecule has 1 aromatic carbocycles. The van der Waals surface area contributed by atoms with Crippen molar-refractivity contribution in [1.29, 1.82) is 0 Å². The molecule has 1 aromatic rings. The third-order valence-corrected chi connectivity index (χ3v) is 3.36. The fraction of sp³-hybridized carbons (Fsp3) is 0.538. The molecule has 1 aliphatic heterocycles. The van der Waals surface area contributed by atoms with Crippen molar-refractivity contribution in [2.24, 2.45) is 5.73 Å². The highest BCUT2D eigenvalue weighted by atomic mass is 16.5. The zero-order chi connectivity index (χ0) is 12.1. The van der Waals surface area contributed by atoms with Gasteiger partial charge >= 0.3 is 0 Å². The number of rotatable bonds is 4. The van der Waals surface area contributed by atoms with Gasteiger partial charge in [-0.2, -0.15) is 0 Å². The first kappa shape index (κ1) is 12.2. The van der Waals surface area contributed by atoms with E-state index in [0.29, 0.717) is 6.54 Å². The third-order valence-electron chi connectivity index (χ3n) is 3.36. The number of benzene rings is 1. The zero-order valence-electron chi connectivity index (χ0n) is 10.3. The minimum Gasteiger partial charge on any atom is -0.497 e. The van der Waals surface area contributed by atoms with Gasteiger partial charge in [0.1, 0.15) is 5.75 Å². The van der Waals surface area contributed by atoms with Crippen LogP contribution in [0.15, 0.2) is 24.3 Å². The van der Waals surface area contributed by atoms with Crippen LogP contribution in [-0.4, -0.2) is 32.3 Å². The van der Waals surface area contributed by atoms with Crippen molar-refractivity contribution in [3.05, 3.63) is 24.3 Å². The highest BCUT2D eigenvalue weighted by molar-refractivity contribution is 5.48. The minimum absolute atomic E-state index is 0.00710. The highest BCUT2D eigenvalue weighted by Crippen LogP contribution is 2.23. The first-order valence-electron chi connectivity index (χ1n) is 6.11. The minimum atomic E-state index is -0.00710. The number of nitrogens with one attached hydrogen (secondary N) is 2. The van der Waals surface area contributed by atoms with Crippen molar-refractivity contribution in [3.8, 4) is 5.75 Å². The first-order valence-corrected chi connectivity index (χ1v) is 6.11. The van der Waals surface area contributed by atoms with E-state index in [9.17, 15) is 0 Å². The SMILES string of the molecule is COc1ccc(NC2(CN)CCCNC2)cc1. The maximum Gasteiger partial charge on any atom is 0.119 e. The smallest absolute Gasteiger partial charge is 0.119 e. The van der Waals surface area contributed by atoms with Gasteiger partial charge in [0.15, 0.2) is 0 Å². The summed E-state index contributed by atoms with van der Waals surface area (Å²) in [6, 6.07) is 7.99. The molecule has 4 nitrogen and oxygen atoms in total. The van der Waals surface area contributed by atoms with Crippen LogP contribution in [0.4, 0.5) is 5.69 Å². The van der Waals surface area contributed by atoms with E-state index in [-0.39, 0.29) is 5.54 Å². The lowest BCUT2D eigenvalue weighted by atomic mass is 9.90. The van der Waals surface area contributed by atoms with E-state index in [1.54, 1.807) is 7.11 Å². The lowest BCUT2D eigenvalue weighted by Crippen LogP contribution is -2.56. The second kappa shape index (κ2) is 5.38. The van der Waals surface area contributed by atoms with Crippen LogP contribution >= 0.6 is 0 Å². The number of nitrogens with two attached hydrogens (primary N) is 1. The van der Waals surface area contributed by atoms with Crippen LogP contribution in [0.3, 0.4) is 0 Å². The molecule has 17 heavy (non-hydrogen) atoms. The van der Waals surface area contributed by atoms with Crippen LogP contribution in [0, 0.1) is 0 Å². The molecule has 0 saturated carbocycles. The summed E-state index contributed by atoms with van der Waals surface area (Å²) in [5.74, 6) is 0.874. The third kappa shape index (κ3) is 2.90. The van der Waals surface area contributed by atoms with Crippen LogP contribution < -0.4 is 21.1 Å². The molecule has 1 unspecified atom stereocenters. The van der Waals surface area contributed by atoms with E-state index in [1.807, 2.05) is 24.3 Å². The Morgan fingerprint density at radius 3 is 2.71 bits per heavy atom. The van der Waals surface area contributed by atoms with Gasteiger partial charge in [0.2, 0.25) is 0 Å². The summed E-state index contributed by atoms with van der Waals surface area (Å²) in [5.41, 5.74) is 7.01. The Bertz CT molecular complexity index is 344. The number of hydrogen-bond acceptors (Lipinski definition) is 4. The molecule has 0 radical (unpaired) electrons. The molecule has 1 aliphatic rings. The molecule has 2 rings (SSSR count). The van der Waals surface area contributed by atoms with Crippen molar-refractivity contribution in [3.63, 3.8) is 0 Å². The van der Waals surface area contributed by atoms with E-state index >= 15 is 0 Å². The highest BCUT2D eigenvalue weighted by Gasteiger charge is 2.30. The topological polar surface area (TPSA) is 59.3 Å². The molecule has 1 saturated heterocycles. The van der Waals surface area contributed by atoms with Gasteiger partial charge in [-0.15, -0.1) is 0 Å². The van der Waals surface area contributed by atoms with Crippen molar-refractivity contribution < 1.29 is 4.74 Å². The molecule has 4 heteroatoms. The number of methoxy groups -OCH3 is 1. The average Bonchev–Trinajstić information content (AvgIpc) is 2.41. The van der Waals surface area contributed by atoms with Gasteiger partial charge < -0.3 is 21.1 Å². The molecular formula is C13H21N3O. The second-order valence-corrected chi connectivity index (χ2v) is 4.62. The van der Waals surface area contributed by atoms with Crippen LogP contribution in [0.2, 0.25) is 0 Å². The second-order valence-electron chi connectivity index (χ2n) is 4.62. The molecule has 0 amide bonds. The van der Waals surface area contributed by atoms with Gasteiger partial charge in [-0.1, -0.05) is 0 Å². The monoisotopic (exact) mass is 235 g/mol. The normalized spacial score (nSPS) is 24.4. The van der Waals surface area contributed by atoms with Gasteiger partial charge in [0.25, 0.3) is 0 Å². The number of piperidine rings is 1. The standard InChI is InChI=1S/C13H21N3O/c1-17-12-5-3-11(4-6-12)16-13(9-14)7-2-8-15-10-13/h3-6,15-16H,2,7-10,14H2,1H3. The molecule has 1 heterocycles. The fourth-order valence-corrected chi connectivity index (χ4v) is 2.28. The maximum atomic E-state index is 5.91. The van der Waals surface area contributed by atoms with Crippen LogP contribution in [0.1, 0.15) is 12.8 Å². The van der Waals surface area contributed by atoms with E-state index in [4.69, 9.17) is 10.5 Å². The molecule has 0 bridgehead atoms. The summed E-state index contributed by atoms with van der Waals surface area (Å²) in [4.78, 5) is 0. The van der Waals surface area contributed by atoms with Gasteiger partial charge in [-0.05, 0) is 43.7 Å². The Kier molecular flexibility index (Phi) is 3.86. The summed E-state index contributed by atoms with van der Waals surface area (Å²) in [6.45, 7) is 2.66. The summed E-state index contributed by atoms with van der Waals surface area (Å²) >= 11 is 0. The maximum absolute atomic E-state index is 5.91. The zero-order valence-corrected chi connectivity index (χ0v) is 10.3. The van der Waals surface area contributed by atoms with Crippen molar-refractivity contribution in [2.75, 3.05) is 32.1 Å². The van der Waals surface area contributed by atoms with Crippen LogP contribution in [0.25, 0.3) is 0 Å². The molecule has 1 atom stereocenters. The molecule has 0 aromatic heterocycles. The quantitative estimate of drug-likeness (QED) is 0.733. The van der Waals surface area contributed by atoms with Crippen molar-refractivity contribution in [1.82, 2.24) is 5.32 Å². The number of hydrogen-bond donors (Lipinski definition) is 3. The Morgan fingerprint density at radius 1 is 1.41 bits per heavy atom. The lowest BCUT2D eigenvalue weighted by Gasteiger charge is -2.38. The Balaban J connectivity index is 2.06. The van der Waals surface area contributed by atoms with Crippen molar-refractivity contribution >= 4 is 5.69 Å². The molecule has 4 N–H and O–H groups in total. The van der Waals surface area contributed by atoms with E-state index < -0.39 is 0 Å².